The lowest BCUT2D eigenvalue weighted by molar-refractivity contribution is -0.205. The summed E-state index contributed by atoms with van der Waals surface area (Å²) in [7, 11) is -3.40. The molecule has 0 aliphatic carbocycles. The third-order valence-corrected chi connectivity index (χ3v) is 5.20. The molecule has 0 bridgehead atoms. The number of hydrogen-bond acceptors (Lipinski definition) is 11. The van der Waals surface area contributed by atoms with E-state index in [-0.39, 0.29) is 11.5 Å². The van der Waals surface area contributed by atoms with E-state index in [1.807, 2.05) is 0 Å². The highest BCUT2D eigenvalue weighted by Crippen LogP contribution is 2.30. The minimum absolute atomic E-state index is 0.00636. The van der Waals surface area contributed by atoms with Gasteiger partial charge in [0, 0.05) is 6.42 Å². The van der Waals surface area contributed by atoms with Crippen LogP contribution in [0.1, 0.15) is 5.56 Å². The van der Waals surface area contributed by atoms with E-state index in [1.54, 1.807) is 24.3 Å². The third-order valence-electron chi connectivity index (χ3n) is 3.82. The Bertz CT molecular complexity index is 785. The number of nitrogens with zero attached hydrogens (tertiary/aromatic N) is 1. The zero-order chi connectivity index (χ0) is 20.9. The fraction of sp³-hybridized carbons (Fsp3) is 0.533. The van der Waals surface area contributed by atoms with E-state index in [0.29, 0.717) is 23.1 Å². The molecule has 158 valence electrons. The van der Waals surface area contributed by atoms with Gasteiger partial charge in [0.05, 0.1) is 13.7 Å². The first kappa shape index (κ1) is 22.8. The number of methoxy groups -OCH3 is 1. The Morgan fingerprint density at radius 3 is 2.57 bits per heavy atom. The monoisotopic (exact) mass is 439 g/mol. The molecule has 1 aliphatic heterocycles. The fourth-order valence-corrected chi connectivity index (χ4v) is 3.77. The number of aliphatic hydroxyl groups is 4. The van der Waals surface area contributed by atoms with Gasteiger partial charge in [-0.15, -0.1) is 0 Å². The maximum atomic E-state index is 10.8. The first-order valence-electron chi connectivity index (χ1n) is 7.97. The van der Waals surface area contributed by atoms with Crippen LogP contribution in [0.4, 0.5) is 0 Å². The largest absolute Gasteiger partial charge is 0.497 e. The van der Waals surface area contributed by atoms with Gasteiger partial charge in [-0.1, -0.05) is 29.1 Å². The van der Waals surface area contributed by atoms with E-state index in [1.165, 1.54) is 7.11 Å². The van der Waals surface area contributed by atoms with E-state index in [9.17, 15) is 28.8 Å². The molecule has 13 heteroatoms. The van der Waals surface area contributed by atoms with Crippen molar-refractivity contribution in [1.82, 2.24) is 0 Å². The molecular formula is C15H21NO10S2. The van der Waals surface area contributed by atoms with Crippen LogP contribution in [0.2, 0.25) is 0 Å². The normalized spacial score (nSPS) is 28.8. The number of ether oxygens (including phenoxy) is 2. The zero-order valence-electron chi connectivity index (χ0n) is 14.7. The van der Waals surface area contributed by atoms with E-state index in [2.05, 4.69) is 9.44 Å². The molecule has 28 heavy (non-hydrogen) atoms. The summed E-state index contributed by atoms with van der Waals surface area (Å²) in [5.41, 5.74) is -0.570. The Morgan fingerprint density at radius 1 is 1.25 bits per heavy atom. The van der Waals surface area contributed by atoms with E-state index in [4.69, 9.17) is 14.0 Å². The molecule has 0 spiro atoms. The first-order chi connectivity index (χ1) is 13.1. The maximum Gasteiger partial charge on any atom is 0.466 e. The van der Waals surface area contributed by atoms with Crippen molar-refractivity contribution >= 4 is 27.2 Å². The summed E-state index contributed by atoms with van der Waals surface area (Å²) in [6, 6.07) is 6.73. The summed E-state index contributed by atoms with van der Waals surface area (Å²) in [6.45, 7) is -0.619. The highest BCUT2D eigenvalue weighted by Gasteiger charge is 2.44. The van der Waals surface area contributed by atoms with Crippen molar-refractivity contribution in [2.24, 2.45) is 5.16 Å². The van der Waals surface area contributed by atoms with Crippen LogP contribution >= 0.6 is 11.8 Å². The van der Waals surface area contributed by atoms with Gasteiger partial charge < -0.3 is 29.9 Å². The van der Waals surface area contributed by atoms with E-state index in [0.717, 1.165) is 0 Å². The van der Waals surface area contributed by atoms with Crippen LogP contribution in [-0.2, 0) is 25.8 Å². The zero-order valence-corrected chi connectivity index (χ0v) is 16.3. The molecule has 1 fully saturated rings. The van der Waals surface area contributed by atoms with Gasteiger partial charge >= 0.3 is 10.4 Å². The quantitative estimate of drug-likeness (QED) is 0.151. The van der Waals surface area contributed by atoms with Gasteiger partial charge in [-0.3, -0.25) is 4.55 Å². The molecule has 5 N–H and O–H groups in total. The number of thioether (sulfide) groups is 1. The standard InChI is InChI=1S/C15H21NO10S2/c1-24-9-4-2-3-8(5-9)6-11(16-26-28(21,22)23)27-15-14(20)13(19)12(18)10(7-17)25-15/h2-5,10,12-15,17-20H,6-7H2,1H3,(H,21,22,23). The van der Waals surface area contributed by atoms with Crippen LogP contribution in [0.25, 0.3) is 0 Å². The first-order valence-corrected chi connectivity index (χ1v) is 10.2. The molecule has 11 nitrogen and oxygen atoms in total. The molecule has 1 aliphatic rings. The van der Waals surface area contributed by atoms with E-state index < -0.39 is 46.9 Å². The summed E-state index contributed by atoms with van der Waals surface area (Å²) < 4.78 is 45.0. The van der Waals surface area contributed by atoms with Gasteiger partial charge in [-0.25, -0.2) is 4.28 Å². The van der Waals surface area contributed by atoms with Crippen LogP contribution in [0.3, 0.4) is 0 Å². The molecule has 2 rings (SSSR count). The minimum atomic E-state index is -4.87. The molecule has 0 amide bonds. The van der Waals surface area contributed by atoms with Crippen LogP contribution in [0.5, 0.6) is 5.75 Å². The lowest BCUT2D eigenvalue weighted by atomic mass is 10.0. The molecule has 1 saturated heterocycles. The van der Waals surface area contributed by atoms with Gasteiger partial charge in [0.15, 0.2) is 0 Å². The number of benzene rings is 1. The lowest BCUT2D eigenvalue weighted by Gasteiger charge is -2.39. The fourth-order valence-electron chi connectivity index (χ4n) is 2.44. The second-order valence-electron chi connectivity index (χ2n) is 5.83. The SMILES string of the molecule is COc1cccc(CC(=NOS(=O)(=O)O)SC2OC(CO)C(O)C(O)C2O)c1. The average molecular weight is 439 g/mol. The minimum Gasteiger partial charge on any atom is -0.497 e. The van der Waals surface area contributed by atoms with Crippen LogP contribution in [-0.4, -0.2) is 82.0 Å². The number of oxime groups is 1. The topological polar surface area (TPSA) is 175 Å². The highest BCUT2D eigenvalue weighted by molar-refractivity contribution is 8.14. The molecular weight excluding hydrogens is 418 g/mol. The van der Waals surface area contributed by atoms with Crippen LogP contribution < -0.4 is 4.74 Å². The van der Waals surface area contributed by atoms with E-state index >= 15 is 0 Å². The van der Waals surface area contributed by atoms with Crippen molar-refractivity contribution in [3.63, 3.8) is 0 Å². The predicted molar refractivity (Wildman–Crippen MR) is 98.1 cm³/mol. The van der Waals surface area contributed by atoms with Crippen LogP contribution in [0, 0.1) is 0 Å². The smallest absolute Gasteiger partial charge is 0.466 e. The molecule has 5 unspecified atom stereocenters. The van der Waals surface area contributed by atoms with Crippen molar-refractivity contribution in [1.29, 1.82) is 0 Å². The van der Waals surface area contributed by atoms with Crippen LogP contribution in [0.15, 0.2) is 29.4 Å². The molecule has 5 atom stereocenters. The van der Waals surface area contributed by atoms with Gasteiger partial charge in [0.2, 0.25) is 0 Å². The molecule has 1 heterocycles. The maximum absolute atomic E-state index is 10.8. The second kappa shape index (κ2) is 9.84. The second-order valence-corrected chi connectivity index (χ2v) is 8.01. The number of aliphatic hydroxyl groups excluding tert-OH is 4. The lowest BCUT2D eigenvalue weighted by Crippen LogP contribution is -2.57. The van der Waals surface area contributed by atoms with Crippen molar-refractivity contribution in [2.75, 3.05) is 13.7 Å². The highest BCUT2D eigenvalue weighted by atomic mass is 32.3. The molecule has 0 saturated carbocycles. The summed E-state index contributed by atoms with van der Waals surface area (Å²) in [5, 5.41) is 42.4. The molecule has 1 aromatic rings. The summed E-state index contributed by atoms with van der Waals surface area (Å²) in [5.74, 6) is 0.533. The van der Waals surface area contributed by atoms with Gasteiger partial charge in [0.1, 0.15) is 40.6 Å². The molecule has 0 radical (unpaired) electrons. The molecule has 0 aromatic heterocycles. The molecule has 1 aromatic carbocycles. The van der Waals surface area contributed by atoms with Crippen molar-refractivity contribution in [2.45, 2.75) is 36.3 Å². The number of rotatable bonds is 7. The van der Waals surface area contributed by atoms with Crippen molar-refractivity contribution < 1.29 is 47.2 Å². The Labute approximate surface area is 165 Å². The Balaban J connectivity index is 2.23. The Hall–Kier alpha value is -1.45. The predicted octanol–water partition coefficient (Wildman–Crippen LogP) is -1.10. The van der Waals surface area contributed by atoms with Crippen molar-refractivity contribution in [3.05, 3.63) is 29.8 Å². The third kappa shape index (κ3) is 6.28. The van der Waals surface area contributed by atoms with Gasteiger partial charge in [-0.2, -0.15) is 8.42 Å². The van der Waals surface area contributed by atoms with Gasteiger partial charge in [0.25, 0.3) is 0 Å². The Morgan fingerprint density at radius 2 is 1.96 bits per heavy atom. The summed E-state index contributed by atoms with van der Waals surface area (Å²) >= 11 is 0.702. The average Bonchev–Trinajstić information content (AvgIpc) is 2.66. The summed E-state index contributed by atoms with van der Waals surface area (Å²) in [4.78, 5) is 0. The Kier molecular flexibility index (Phi) is 8.03. The van der Waals surface area contributed by atoms with Gasteiger partial charge in [-0.05, 0) is 17.7 Å². The summed E-state index contributed by atoms with van der Waals surface area (Å²) in [6.07, 6.45) is -5.85. The van der Waals surface area contributed by atoms with Crippen molar-refractivity contribution in [3.8, 4) is 5.75 Å². The number of hydrogen-bond donors (Lipinski definition) is 5.